The van der Waals surface area contributed by atoms with Crippen molar-refractivity contribution >= 4 is 23.3 Å². The highest BCUT2D eigenvalue weighted by molar-refractivity contribution is 6.31. The second-order valence-electron chi connectivity index (χ2n) is 11.5. The van der Waals surface area contributed by atoms with Crippen LogP contribution < -0.4 is 5.73 Å². The number of primary amides is 1. The quantitative estimate of drug-likeness (QED) is 0.0574. The third-order valence-electron chi connectivity index (χ3n) is 8.03. The van der Waals surface area contributed by atoms with Gasteiger partial charge in [0.2, 0.25) is 5.91 Å². The SMILES string of the molecule is C=C(C(N)=O)C(C(=O)CCCCCCCCC)(C(=O)CCCCCCCCC)C(=O)CCCCCCCCC. The van der Waals surface area contributed by atoms with Crippen LogP contribution in [-0.4, -0.2) is 23.3 Å². The van der Waals surface area contributed by atoms with Crippen LogP contribution in [0, 0.1) is 5.41 Å². The molecular weight excluding hydrogens is 486 g/mol. The van der Waals surface area contributed by atoms with E-state index >= 15 is 0 Å². The van der Waals surface area contributed by atoms with Crippen LogP contribution >= 0.6 is 0 Å². The van der Waals surface area contributed by atoms with Gasteiger partial charge in [0.25, 0.3) is 0 Å². The van der Waals surface area contributed by atoms with E-state index in [0.29, 0.717) is 19.3 Å². The molecule has 0 atom stereocenters. The van der Waals surface area contributed by atoms with Crippen LogP contribution in [0.2, 0.25) is 0 Å². The Kier molecular flexibility index (Phi) is 23.0. The van der Waals surface area contributed by atoms with E-state index in [9.17, 15) is 19.2 Å². The van der Waals surface area contributed by atoms with E-state index in [1.807, 2.05) is 0 Å². The lowest BCUT2D eigenvalue weighted by molar-refractivity contribution is -0.148. The Morgan fingerprint density at radius 1 is 0.462 bits per heavy atom. The van der Waals surface area contributed by atoms with Crippen LogP contribution in [0.1, 0.15) is 175 Å². The van der Waals surface area contributed by atoms with Crippen LogP contribution in [0.5, 0.6) is 0 Å². The van der Waals surface area contributed by atoms with Gasteiger partial charge in [-0.15, -0.1) is 0 Å². The minimum Gasteiger partial charge on any atom is -0.366 e. The van der Waals surface area contributed by atoms with E-state index < -0.39 is 28.7 Å². The molecule has 0 aliphatic carbocycles. The molecule has 0 saturated carbocycles. The largest absolute Gasteiger partial charge is 0.366 e. The molecule has 0 aromatic carbocycles. The number of carbonyl (C=O) groups excluding carboxylic acids is 4. The highest BCUT2D eigenvalue weighted by atomic mass is 16.2. The van der Waals surface area contributed by atoms with Crippen molar-refractivity contribution in [1.82, 2.24) is 0 Å². The Morgan fingerprint density at radius 2 is 0.692 bits per heavy atom. The molecule has 0 radical (unpaired) electrons. The van der Waals surface area contributed by atoms with E-state index in [0.717, 1.165) is 57.8 Å². The maximum atomic E-state index is 13.7. The van der Waals surface area contributed by atoms with Gasteiger partial charge in [-0.25, -0.2) is 0 Å². The molecule has 39 heavy (non-hydrogen) atoms. The molecule has 0 aromatic heterocycles. The highest BCUT2D eigenvalue weighted by Gasteiger charge is 2.53. The Labute approximate surface area is 240 Å². The molecule has 0 aliphatic rings. The zero-order valence-electron chi connectivity index (χ0n) is 25.9. The summed E-state index contributed by atoms with van der Waals surface area (Å²) < 4.78 is 0. The summed E-state index contributed by atoms with van der Waals surface area (Å²) in [5, 5.41) is 0. The molecule has 0 bridgehead atoms. The average molecular weight is 548 g/mol. The summed E-state index contributed by atoms with van der Waals surface area (Å²) >= 11 is 0. The van der Waals surface area contributed by atoms with Crippen LogP contribution in [0.4, 0.5) is 0 Å². The van der Waals surface area contributed by atoms with Crippen molar-refractivity contribution in [1.29, 1.82) is 0 Å². The van der Waals surface area contributed by atoms with Crippen molar-refractivity contribution in [3.05, 3.63) is 12.2 Å². The number of carbonyl (C=O) groups is 4. The summed E-state index contributed by atoms with van der Waals surface area (Å²) in [5.41, 5.74) is 3.19. The van der Waals surface area contributed by atoms with Gasteiger partial charge >= 0.3 is 0 Å². The standard InChI is InChI=1S/C34H61NO4/c1-5-8-11-14-17-20-23-26-30(36)34(29(4)33(35)39,31(37)27-24-21-18-15-12-9-6-2)32(38)28-25-22-19-16-13-10-7-3/h4-28H2,1-3H3,(H2,35,39). The number of ketones is 3. The van der Waals surface area contributed by atoms with Crippen LogP contribution in [0.25, 0.3) is 0 Å². The molecule has 0 fully saturated rings. The van der Waals surface area contributed by atoms with Gasteiger partial charge in [-0.2, -0.15) is 0 Å². The van der Waals surface area contributed by atoms with Gasteiger partial charge in [-0.1, -0.05) is 143 Å². The molecule has 1 amide bonds. The Morgan fingerprint density at radius 3 is 0.923 bits per heavy atom. The third kappa shape index (κ3) is 15.0. The first-order chi connectivity index (χ1) is 18.8. The van der Waals surface area contributed by atoms with Gasteiger partial charge in [0.15, 0.2) is 22.8 Å². The Balaban J connectivity index is 5.47. The predicted molar refractivity (Wildman–Crippen MR) is 164 cm³/mol. The van der Waals surface area contributed by atoms with Gasteiger partial charge in [0, 0.05) is 24.8 Å². The fourth-order valence-corrected chi connectivity index (χ4v) is 5.45. The molecule has 0 saturated heterocycles. The Hall–Kier alpha value is -1.78. The molecule has 5 heteroatoms. The van der Waals surface area contributed by atoms with Crippen molar-refractivity contribution in [2.45, 2.75) is 175 Å². The molecule has 0 aliphatic heterocycles. The molecule has 0 aromatic rings. The fraction of sp³-hybridized carbons (Fsp3) is 0.824. The summed E-state index contributed by atoms with van der Waals surface area (Å²) in [7, 11) is 0. The molecule has 0 spiro atoms. The maximum absolute atomic E-state index is 13.7. The predicted octanol–water partition coefficient (Wildman–Crippen LogP) is 9.14. The first-order valence-electron chi connectivity index (χ1n) is 16.4. The molecular formula is C34H61NO4. The third-order valence-corrected chi connectivity index (χ3v) is 8.03. The molecule has 5 nitrogen and oxygen atoms in total. The van der Waals surface area contributed by atoms with Crippen LogP contribution in [0.15, 0.2) is 12.2 Å². The minimum absolute atomic E-state index is 0.103. The van der Waals surface area contributed by atoms with Crippen molar-refractivity contribution in [2.24, 2.45) is 11.1 Å². The van der Waals surface area contributed by atoms with E-state index in [2.05, 4.69) is 27.4 Å². The lowest BCUT2D eigenvalue weighted by Crippen LogP contribution is -2.50. The summed E-state index contributed by atoms with van der Waals surface area (Å²) in [4.78, 5) is 53.6. The smallest absolute Gasteiger partial charge is 0.245 e. The van der Waals surface area contributed by atoms with Crippen LogP contribution in [-0.2, 0) is 19.2 Å². The maximum Gasteiger partial charge on any atom is 0.245 e. The molecule has 226 valence electrons. The molecule has 2 N–H and O–H groups in total. The molecule has 0 unspecified atom stereocenters. The van der Waals surface area contributed by atoms with Gasteiger partial charge < -0.3 is 5.73 Å². The average Bonchev–Trinajstić information content (AvgIpc) is 2.91. The number of unbranched alkanes of at least 4 members (excludes halogenated alkanes) is 18. The van der Waals surface area contributed by atoms with Gasteiger partial charge in [0.1, 0.15) is 0 Å². The zero-order chi connectivity index (χ0) is 29.4. The van der Waals surface area contributed by atoms with Crippen LogP contribution in [0.3, 0.4) is 0 Å². The minimum atomic E-state index is -2.10. The number of Topliss-reactive ketones (excluding diaryl/α,β-unsaturated/α-hetero) is 3. The highest BCUT2D eigenvalue weighted by Crippen LogP contribution is 2.36. The normalized spacial score (nSPS) is 11.5. The zero-order valence-corrected chi connectivity index (χ0v) is 25.9. The number of hydrogen-bond acceptors (Lipinski definition) is 4. The topological polar surface area (TPSA) is 94.3 Å². The number of rotatable bonds is 29. The van der Waals surface area contributed by atoms with Crippen molar-refractivity contribution in [3.8, 4) is 0 Å². The second kappa shape index (κ2) is 24.1. The lowest BCUT2D eigenvalue weighted by Gasteiger charge is -2.30. The number of hydrogen-bond donors (Lipinski definition) is 1. The summed E-state index contributed by atoms with van der Waals surface area (Å²) in [6.45, 7) is 10.3. The van der Waals surface area contributed by atoms with E-state index in [1.54, 1.807) is 0 Å². The van der Waals surface area contributed by atoms with Crippen molar-refractivity contribution < 1.29 is 19.2 Å². The van der Waals surface area contributed by atoms with Crippen molar-refractivity contribution in [2.75, 3.05) is 0 Å². The molecule has 0 heterocycles. The van der Waals surface area contributed by atoms with Gasteiger partial charge in [0.05, 0.1) is 0 Å². The summed E-state index contributed by atoms with van der Waals surface area (Å²) in [5.74, 6) is -2.34. The van der Waals surface area contributed by atoms with E-state index in [4.69, 9.17) is 5.73 Å². The fourth-order valence-electron chi connectivity index (χ4n) is 5.45. The molecule has 0 rings (SSSR count). The van der Waals surface area contributed by atoms with Gasteiger partial charge in [-0.3, -0.25) is 19.2 Å². The first kappa shape index (κ1) is 37.2. The van der Waals surface area contributed by atoms with E-state index in [1.165, 1.54) is 57.8 Å². The second-order valence-corrected chi connectivity index (χ2v) is 11.5. The number of nitrogens with two attached hydrogens (primary N) is 1. The first-order valence-corrected chi connectivity index (χ1v) is 16.4. The summed E-state index contributed by atoms with van der Waals surface area (Å²) in [6, 6.07) is 0. The lowest BCUT2D eigenvalue weighted by atomic mass is 9.66. The Bertz CT molecular complexity index is 638. The van der Waals surface area contributed by atoms with Crippen molar-refractivity contribution in [3.63, 3.8) is 0 Å². The van der Waals surface area contributed by atoms with E-state index in [-0.39, 0.29) is 24.8 Å². The van der Waals surface area contributed by atoms with Gasteiger partial charge in [-0.05, 0) is 19.3 Å². The monoisotopic (exact) mass is 547 g/mol. The summed E-state index contributed by atoms with van der Waals surface area (Å²) in [6.07, 6.45) is 21.9. The number of amides is 1.